The van der Waals surface area contributed by atoms with Crippen molar-refractivity contribution in [3.05, 3.63) is 96.1 Å². The lowest BCUT2D eigenvalue weighted by Crippen LogP contribution is -2.51. The molecule has 3 aromatic carbocycles. The van der Waals surface area contributed by atoms with Crippen LogP contribution in [0, 0.1) is 0 Å². The number of carbonyl (C=O) groups excluding carboxylic acids is 2. The van der Waals surface area contributed by atoms with E-state index in [-0.39, 0.29) is 23.5 Å². The van der Waals surface area contributed by atoms with Gasteiger partial charge in [0.1, 0.15) is 12.6 Å². The second-order valence-electron chi connectivity index (χ2n) is 8.42. The van der Waals surface area contributed by atoms with Gasteiger partial charge < -0.3 is 10.2 Å². The van der Waals surface area contributed by atoms with Gasteiger partial charge in [-0.05, 0) is 42.3 Å². The van der Waals surface area contributed by atoms with Crippen LogP contribution in [-0.4, -0.2) is 44.8 Å². The predicted octanol–water partition coefficient (Wildman–Crippen LogP) is 4.45. The Morgan fingerprint density at radius 3 is 2.08 bits per heavy atom. The number of hydrogen-bond acceptors (Lipinski definition) is 4. The minimum atomic E-state index is -4.73. The van der Waals surface area contributed by atoms with E-state index in [2.05, 4.69) is 5.32 Å². The molecule has 202 valence electrons. The summed E-state index contributed by atoms with van der Waals surface area (Å²) in [6, 6.07) is 18.8. The fraction of sp³-hybridized carbons (Fsp3) is 0.259. The average Bonchev–Trinajstić information content (AvgIpc) is 2.91. The molecule has 0 fully saturated rings. The molecular formula is C27H28F3N3O4S. The molecule has 0 saturated heterocycles. The van der Waals surface area contributed by atoms with Gasteiger partial charge in [0, 0.05) is 13.6 Å². The van der Waals surface area contributed by atoms with Gasteiger partial charge in [-0.15, -0.1) is 0 Å². The maximum absolute atomic E-state index is 13.7. The number of alkyl halides is 3. The Labute approximate surface area is 219 Å². The summed E-state index contributed by atoms with van der Waals surface area (Å²) in [5, 5.41) is 2.51. The van der Waals surface area contributed by atoms with Gasteiger partial charge in [-0.1, -0.05) is 61.5 Å². The third-order valence-corrected chi connectivity index (χ3v) is 7.69. The second-order valence-corrected chi connectivity index (χ2v) is 10.3. The van der Waals surface area contributed by atoms with E-state index in [4.69, 9.17) is 0 Å². The van der Waals surface area contributed by atoms with Gasteiger partial charge in [0.05, 0.1) is 16.1 Å². The number of nitrogens with zero attached hydrogens (tertiary/aromatic N) is 2. The number of likely N-dealkylation sites (N-methyl/N-ethyl adjacent to an activating group) is 1. The minimum Gasteiger partial charge on any atom is -0.357 e. The Morgan fingerprint density at radius 2 is 1.53 bits per heavy atom. The molecule has 0 radical (unpaired) electrons. The molecule has 0 saturated carbocycles. The Kier molecular flexibility index (Phi) is 9.16. The van der Waals surface area contributed by atoms with E-state index in [1.54, 1.807) is 43.3 Å². The van der Waals surface area contributed by atoms with Crippen molar-refractivity contribution in [2.45, 2.75) is 37.0 Å². The number of amides is 2. The van der Waals surface area contributed by atoms with Gasteiger partial charge in [0.15, 0.2) is 0 Å². The first kappa shape index (κ1) is 28.7. The van der Waals surface area contributed by atoms with E-state index in [1.807, 2.05) is 0 Å². The molecule has 3 aromatic rings. The SMILES string of the molecule is CCC(C(=O)NC)N(Cc1ccccc1)C(=O)CN(c1cccc(C(F)(F)F)c1)S(=O)(=O)c1ccccc1. The van der Waals surface area contributed by atoms with Crippen LogP contribution < -0.4 is 9.62 Å². The van der Waals surface area contributed by atoms with E-state index in [1.165, 1.54) is 42.3 Å². The quantitative estimate of drug-likeness (QED) is 0.406. The van der Waals surface area contributed by atoms with Crippen LogP contribution in [0.15, 0.2) is 89.8 Å². The third-order valence-electron chi connectivity index (χ3n) is 5.90. The standard InChI is InChI=1S/C27H28F3N3O4S/c1-3-24(26(35)31-2)32(18-20-11-6-4-7-12-20)25(34)19-33(38(36,37)23-15-8-5-9-16-23)22-14-10-13-21(17-22)27(28,29)30/h4-17,24H,3,18-19H2,1-2H3,(H,31,35). The molecule has 0 bridgehead atoms. The molecule has 38 heavy (non-hydrogen) atoms. The van der Waals surface area contributed by atoms with Crippen LogP contribution >= 0.6 is 0 Å². The zero-order valence-electron chi connectivity index (χ0n) is 20.9. The van der Waals surface area contributed by atoms with Crippen LogP contribution in [-0.2, 0) is 32.3 Å². The van der Waals surface area contributed by atoms with E-state index >= 15 is 0 Å². The molecule has 0 aliphatic heterocycles. The number of hydrogen-bond donors (Lipinski definition) is 1. The van der Waals surface area contributed by atoms with Crippen molar-refractivity contribution in [1.82, 2.24) is 10.2 Å². The van der Waals surface area contributed by atoms with E-state index in [0.29, 0.717) is 15.9 Å². The van der Waals surface area contributed by atoms with Crippen LogP contribution in [0.3, 0.4) is 0 Å². The number of nitrogens with one attached hydrogen (secondary N) is 1. The first-order valence-corrected chi connectivity index (χ1v) is 13.2. The van der Waals surface area contributed by atoms with Crippen LogP contribution in [0.5, 0.6) is 0 Å². The predicted molar refractivity (Wildman–Crippen MR) is 138 cm³/mol. The molecule has 0 aromatic heterocycles. The highest BCUT2D eigenvalue weighted by Gasteiger charge is 2.35. The minimum absolute atomic E-state index is 0.00653. The van der Waals surface area contributed by atoms with Crippen LogP contribution in [0.1, 0.15) is 24.5 Å². The molecule has 1 N–H and O–H groups in total. The molecule has 0 aliphatic rings. The van der Waals surface area contributed by atoms with Gasteiger partial charge in [0.2, 0.25) is 11.8 Å². The van der Waals surface area contributed by atoms with Crippen molar-refractivity contribution in [2.75, 3.05) is 17.9 Å². The fourth-order valence-electron chi connectivity index (χ4n) is 3.95. The first-order chi connectivity index (χ1) is 18.0. The summed E-state index contributed by atoms with van der Waals surface area (Å²) in [5.41, 5.74) is -0.696. The van der Waals surface area contributed by atoms with Crippen molar-refractivity contribution < 1.29 is 31.2 Å². The zero-order valence-corrected chi connectivity index (χ0v) is 21.7. The monoisotopic (exact) mass is 547 g/mol. The molecule has 3 rings (SSSR count). The maximum Gasteiger partial charge on any atom is 0.416 e. The van der Waals surface area contributed by atoms with Crippen molar-refractivity contribution in [2.24, 2.45) is 0 Å². The van der Waals surface area contributed by atoms with E-state index in [9.17, 15) is 31.2 Å². The van der Waals surface area contributed by atoms with Gasteiger partial charge in [0.25, 0.3) is 10.0 Å². The molecule has 1 atom stereocenters. The highest BCUT2D eigenvalue weighted by Crippen LogP contribution is 2.33. The van der Waals surface area contributed by atoms with Gasteiger partial charge in [-0.25, -0.2) is 8.42 Å². The van der Waals surface area contributed by atoms with Crippen molar-refractivity contribution in [3.8, 4) is 0 Å². The third kappa shape index (κ3) is 6.71. The normalized spacial score (nSPS) is 12.4. The summed E-state index contributed by atoms with van der Waals surface area (Å²) in [6.45, 7) is 0.878. The highest BCUT2D eigenvalue weighted by atomic mass is 32.2. The molecule has 0 heterocycles. The number of halogens is 3. The fourth-order valence-corrected chi connectivity index (χ4v) is 5.38. The molecule has 11 heteroatoms. The number of benzene rings is 3. The molecule has 7 nitrogen and oxygen atoms in total. The molecule has 2 amide bonds. The van der Waals surface area contributed by atoms with Gasteiger partial charge in [-0.2, -0.15) is 13.2 Å². The zero-order chi connectivity index (χ0) is 27.9. The lowest BCUT2D eigenvalue weighted by Gasteiger charge is -2.33. The van der Waals surface area contributed by atoms with E-state index < -0.39 is 46.2 Å². The number of carbonyl (C=O) groups is 2. The summed E-state index contributed by atoms with van der Waals surface area (Å²) in [5.74, 6) is -1.20. The lowest BCUT2D eigenvalue weighted by atomic mass is 10.1. The summed E-state index contributed by atoms with van der Waals surface area (Å²) in [7, 11) is -3.04. The maximum atomic E-state index is 13.7. The van der Waals surface area contributed by atoms with Crippen LogP contribution in [0.4, 0.5) is 18.9 Å². The summed E-state index contributed by atoms with van der Waals surface area (Å²) >= 11 is 0. The molecule has 0 aliphatic carbocycles. The largest absolute Gasteiger partial charge is 0.416 e. The van der Waals surface area contributed by atoms with Crippen molar-refractivity contribution in [3.63, 3.8) is 0 Å². The van der Waals surface area contributed by atoms with Crippen molar-refractivity contribution in [1.29, 1.82) is 0 Å². The second kappa shape index (κ2) is 12.1. The smallest absolute Gasteiger partial charge is 0.357 e. The van der Waals surface area contributed by atoms with E-state index in [0.717, 1.165) is 12.1 Å². The van der Waals surface area contributed by atoms with Crippen LogP contribution in [0.2, 0.25) is 0 Å². The lowest BCUT2D eigenvalue weighted by molar-refractivity contribution is -0.140. The molecule has 0 spiro atoms. The summed E-state index contributed by atoms with van der Waals surface area (Å²) < 4.78 is 68.3. The average molecular weight is 548 g/mol. The van der Waals surface area contributed by atoms with Gasteiger partial charge in [-0.3, -0.25) is 13.9 Å². The first-order valence-electron chi connectivity index (χ1n) is 11.8. The summed E-state index contributed by atoms with van der Waals surface area (Å²) in [4.78, 5) is 27.4. The number of rotatable bonds is 10. The molecule has 1 unspecified atom stereocenters. The number of sulfonamides is 1. The Bertz CT molecular complexity index is 1350. The Balaban J connectivity index is 2.10. The Hall–Kier alpha value is -3.86. The van der Waals surface area contributed by atoms with Crippen molar-refractivity contribution >= 4 is 27.5 Å². The highest BCUT2D eigenvalue weighted by molar-refractivity contribution is 7.92. The van der Waals surface area contributed by atoms with Crippen LogP contribution in [0.25, 0.3) is 0 Å². The topological polar surface area (TPSA) is 86.8 Å². The Morgan fingerprint density at radius 1 is 0.921 bits per heavy atom. The molecular weight excluding hydrogens is 519 g/mol. The number of anilines is 1. The summed E-state index contributed by atoms with van der Waals surface area (Å²) in [6.07, 6.45) is -4.50. The van der Waals surface area contributed by atoms with Gasteiger partial charge >= 0.3 is 6.18 Å².